The van der Waals surface area contributed by atoms with Crippen LogP contribution in [0.2, 0.25) is 0 Å². The molecule has 1 saturated heterocycles. The van der Waals surface area contributed by atoms with Crippen molar-refractivity contribution < 1.29 is 9.53 Å². The first-order valence-corrected chi connectivity index (χ1v) is 6.20. The minimum Gasteiger partial charge on any atom is -0.376 e. The Balaban J connectivity index is 1.80. The Morgan fingerprint density at radius 1 is 1.47 bits per heavy atom. The molecule has 3 nitrogen and oxygen atoms in total. The molecule has 0 radical (unpaired) electrons. The molecule has 17 heavy (non-hydrogen) atoms. The highest BCUT2D eigenvalue weighted by molar-refractivity contribution is 5.78. The minimum atomic E-state index is 0.0687. The second-order valence-electron chi connectivity index (χ2n) is 4.57. The van der Waals surface area contributed by atoms with Gasteiger partial charge in [0, 0.05) is 6.61 Å². The van der Waals surface area contributed by atoms with Crippen LogP contribution in [-0.2, 0) is 16.0 Å². The maximum atomic E-state index is 11.8. The van der Waals surface area contributed by atoms with Crippen LogP contribution in [0.1, 0.15) is 25.3 Å². The summed E-state index contributed by atoms with van der Waals surface area (Å²) in [5, 5.41) is 3.01. The lowest BCUT2D eigenvalue weighted by Gasteiger charge is -2.19. The zero-order chi connectivity index (χ0) is 12.1. The first-order chi connectivity index (χ1) is 8.25. The van der Waals surface area contributed by atoms with Gasteiger partial charge in [0.1, 0.15) is 0 Å². The molecule has 1 aliphatic heterocycles. The number of carbonyl (C=O) groups is 1. The Morgan fingerprint density at radius 2 is 2.24 bits per heavy atom. The van der Waals surface area contributed by atoms with E-state index in [1.807, 2.05) is 37.3 Å². The highest BCUT2D eigenvalue weighted by atomic mass is 16.5. The molecule has 1 amide bonds. The summed E-state index contributed by atoms with van der Waals surface area (Å²) in [6, 6.07) is 9.90. The van der Waals surface area contributed by atoms with Crippen molar-refractivity contribution in [3.63, 3.8) is 0 Å². The Hall–Kier alpha value is -1.35. The Kier molecular flexibility index (Phi) is 4.15. The maximum Gasteiger partial charge on any atom is 0.224 e. The van der Waals surface area contributed by atoms with Gasteiger partial charge < -0.3 is 10.1 Å². The topological polar surface area (TPSA) is 38.3 Å². The average Bonchev–Trinajstić information content (AvgIpc) is 2.83. The van der Waals surface area contributed by atoms with Crippen molar-refractivity contribution in [2.75, 3.05) is 6.61 Å². The molecular weight excluding hydrogens is 214 g/mol. The molecule has 92 valence electrons. The summed E-state index contributed by atoms with van der Waals surface area (Å²) in [5.74, 6) is 0.0687. The molecule has 2 atom stereocenters. The number of benzene rings is 1. The van der Waals surface area contributed by atoms with E-state index in [0.717, 1.165) is 25.0 Å². The van der Waals surface area contributed by atoms with Crippen LogP contribution in [0.15, 0.2) is 30.3 Å². The zero-order valence-electron chi connectivity index (χ0n) is 10.2. The summed E-state index contributed by atoms with van der Waals surface area (Å²) in [7, 11) is 0. The van der Waals surface area contributed by atoms with Crippen LogP contribution in [0.5, 0.6) is 0 Å². The van der Waals surface area contributed by atoms with Crippen molar-refractivity contribution in [3.05, 3.63) is 35.9 Å². The van der Waals surface area contributed by atoms with E-state index >= 15 is 0 Å². The van der Waals surface area contributed by atoms with Crippen molar-refractivity contribution in [1.29, 1.82) is 0 Å². The smallest absolute Gasteiger partial charge is 0.224 e. The van der Waals surface area contributed by atoms with Crippen molar-refractivity contribution in [1.82, 2.24) is 5.32 Å². The second-order valence-corrected chi connectivity index (χ2v) is 4.57. The summed E-state index contributed by atoms with van der Waals surface area (Å²) in [6.45, 7) is 2.84. The highest BCUT2D eigenvalue weighted by Crippen LogP contribution is 2.15. The van der Waals surface area contributed by atoms with Gasteiger partial charge in [-0.15, -0.1) is 0 Å². The van der Waals surface area contributed by atoms with Crippen molar-refractivity contribution in [2.24, 2.45) is 0 Å². The largest absolute Gasteiger partial charge is 0.376 e. The molecule has 0 aliphatic carbocycles. The van der Waals surface area contributed by atoms with Crippen molar-refractivity contribution in [2.45, 2.75) is 38.3 Å². The second kappa shape index (κ2) is 5.82. The van der Waals surface area contributed by atoms with E-state index in [-0.39, 0.29) is 18.1 Å². The molecule has 1 fully saturated rings. The standard InChI is InChI=1S/C14H19NO2/c1-11(13-8-5-9-17-13)15-14(16)10-12-6-3-2-4-7-12/h2-4,6-7,11,13H,5,8-10H2,1H3,(H,15,16)/t11-,13+/m1/s1. The predicted octanol–water partition coefficient (Wildman–Crippen LogP) is 1.91. The number of carbonyl (C=O) groups excluding carboxylic acids is 1. The Bertz CT molecular complexity index is 358. The highest BCUT2D eigenvalue weighted by Gasteiger charge is 2.23. The molecule has 3 heteroatoms. The van der Waals surface area contributed by atoms with Crippen molar-refractivity contribution in [3.8, 4) is 0 Å². The lowest BCUT2D eigenvalue weighted by atomic mass is 10.1. The van der Waals surface area contributed by atoms with E-state index in [0.29, 0.717) is 6.42 Å². The molecule has 0 saturated carbocycles. The van der Waals surface area contributed by atoms with Crippen LogP contribution in [0.4, 0.5) is 0 Å². The fourth-order valence-electron chi connectivity index (χ4n) is 2.18. The number of hydrogen-bond donors (Lipinski definition) is 1. The van der Waals surface area contributed by atoms with Crippen LogP contribution >= 0.6 is 0 Å². The average molecular weight is 233 g/mol. The van der Waals surface area contributed by atoms with E-state index < -0.39 is 0 Å². The monoisotopic (exact) mass is 233 g/mol. The Labute approximate surface area is 102 Å². The normalized spacial score (nSPS) is 21.1. The summed E-state index contributed by atoms with van der Waals surface area (Å²) in [6.07, 6.45) is 2.78. The fraction of sp³-hybridized carbons (Fsp3) is 0.500. The molecule has 1 aliphatic rings. The molecule has 1 N–H and O–H groups in total. The summed E-state index contributed by atoms with van der Waals surface area (Å²) in [5.41, 5.74) is 1.05. The predicted molar refractivity (Wildman–Crippen MR) is 66.7 cm³/mol. The Morgan fingerprint density at radius 3 is 2.88 bits per heavy atom. The fourth-order valence-corrected chi connectivity index (χ4v) is 2.18. The maximum absolute atomic E-state index is 11.8. The zero-order valence-corrected chi connectivity index (χ0v) is 10.2. The SMILES string of the molecule is C[C@@H](NC(=O)Cc1ccccc1)[C@@H]1CCCO1. The third kappa shape index (κ3) is 3.56. The van der Waals surface area contributed by atoms with Gasteiger partial charge in [0.25, 0.3) is 0 Å². The van der Waals surface area contributed by atoms with Crippen LogP contribution < -0.4 is 5.32 Å². The minimum absolute atomic E-state index is 0.0687. The number of amides is 1. The van der Waals surface area contributed by atoms with Crippen molar-refractivity contribution >= 4 is 5.91 Å². The molecular formula is C14H19NO2. The van der Waals surface area contributed by atoms with Gasteiger partial charge in [0.2, 0.25) is 5.91 Å². The van der Waals surface area contributed by atoms with Crippen LogP contribution in [0.3, 0.4) is 0 Å². The van der Waals surface area contributed by atoms with Gasteiger partial charge in [0.15, 0.2) is 0 Å². The molecule has 1 aromatic rings. The number of hydrogen-bond acceptors (Lipinski definition) is 2. The van der Waals surface area contributed by atoms with Gasteiger partial charge in [-0.05, 0) is 25.3 Å². The van der Waals surface area contributed by atoms with Gasteiger partial charge >= 0.3 is 0 Å². The van der Waals surface area contributed by atoms with Gasteiger partial charge in [0.05, 0.1) is 18.6 Å². The molecule has 2 rings (SSSR count). The molecule has 0 spiro atoms. The number of ether oxygens (including phenoxy) is 1. The number of nitrogens with one attached hydrogen (secondary N) is 1. The van der Waals surface area contributed by atoms with Gasteiger partial charge in [-0.2, -0.15) is 0 Å². The lowest BCUT2D eigenvalue weighted by molar-refractivity contribution is -0.121. The van der Waals surface area contributed by atoms with Crippen LogP contribution in [0, 0.1) is 0 Å². The summed E-state index contributed by atoms with van der Waals surface area (Å²) < 4.78 is 5.55. The van der Waals surface area contributed by atoms with E-state index in [2.05, 4.69) is 5.32 Å². The van der Waals surface area contributed by atoms with Crippen LogP contribution in [0.25, 0.3) is 0 Å². The quantitative estimate of drug-likeness (QED) is 0.862. The molecule has 0 unspecified atom stereocenters. The first-order valence-electron chi connectivity index (χ1n) is 6.20. The third-order valence-corrected chi connectivity index (χ3v) is 3.12. The van der Waals surface area contributed by atoms with E-state index in [4.69, 9.17) is 4.74 Å². The van der Waals surface area contributed by atoms with Gasteiger partial charge in [-0.1, -0.05) is 30.3 Å². The van der Waals surface area contributed by atoms with E-state index in [1.165, 1.54) is 0 Å². The van der Waals surface area contributed by atoms with E-state index in [1.54, 1.807) is 0 Å². The molecule has 1 heterocycles. The van der Waals surface area contributed by atoms with Crippen LogP contribution in [-0.4, -0.2) is 24.7 Å². The molecule has 0 bridgehead atoms. The third-order valence-electron chi connectivity index (χ3n) is 3.12. The molecule has 1 aromatic carbocycles. The van der Waals surface area contributed by atoms with E-state index in [9.17, 15) is 4.79 Å². The van der Waals surface area contributed by atoms with Gasteiger partial charge in [-0.25, -0.2) is 0 Å². The number of rotatable bonds is 4. The first kappa shape index (κ1) is 12.1. The summed E-state index contributed by atoms with van der Waals surface area (Å²) in [4.78, 5) is 11.8. The summed E-state index contributed by atoms with van der Waals surface area (Å²) >= 11 is 0. The van der Waals surface area contributed by atoms with Gasteiger partial charge in [-0.3, -0.25) is 4.79 Å². The lowest BCUT2D eigenvalue weighted by Crippen LogP contribution is -2.41. The molecule has 0 aromatic heterocycles.